The van der Waals surface area contributed by atoms with Gasteiger partial charge in [0.25, 0.3) is 11.8 Å². The lowest BCUT2D eigenvalue weighted by molar-refractivity contribution is -0.109. The average Bonchev–Trinajstić information content (AvgIpc) is 3.43. The number of anilines is 1. The Balaban J connectivity index is 0.000000303. The van der Waals surface area contributed by atoms with Crippen molar-refractivity contribution in [2.24, 2.45) is 7.05 Å². The SMILES string of the molecule is CC(=O)c1cc(C(=O)Nc2ccc(C)c(C#N)c2)n(C)c1C.CC(F)(F)C1SC1NC=O. The highest BCUT2D eigenvalue weighted by Crippen LogP contribution is 2.48. The Morgan fingerprint density at radius 2 is 1.94 bits per heavy atom. The Bertz CT molecular complexity index is 1090. The zero-order valence-corrected chi connectivity index (χ0v) is 19.1. The number of benzene rings is 1. The molecule has 0 aliphatic carbocycles. The number of aromatic nitrogens is 1. The van der Waals surface area contributed by atoms with Crippen LogP contribution in [0, 0.1) is 25.2 Å². The van der Waals surface area contributed by atoms with Gasteiger partial charge in [0, 0.05) is 30.9 Å². The molecular formula is C22H24F2N4O3S. The lowest BCUT2D eigenvalue weighted by Gasteiger charge is -2.08. The molecule has 0 bridgehead atoms. The summed E-state index contributed by atoms with van der Waals surface area (Å²) in [6.07, 6.45) is 0.448. The Kier molecular flexibility index (Phi) is 7.80. The van der Waals surface area contributed by atoms with Crippen molar-refractivity contribution in [3.05, 3.63) is 52.3 Å². The summed E-state index contributed by atoms with van der Waals surface area (Å²) in [5.74, 6) is -3.06. The van der Waals surface area contributed by atoms with E-state index in [2.05, 4.69) is 16.7 Å². The van der Waals surface area contributed by atoms with E-state index in [0.29, 0.717) is 28.9 Å². The molecule has 1 aliphatic rings. The Labute approximate surface area is 189 Å². The molecule has 0 spiro atoms. The summed E-state index contributed by atoms with van der Waals surface area (Å²) in [5.41, 5.74) is 3.62. The van der Waals surface area contributed by atoms with E-state index in [9.17, 15) is 23.2 Å². The Morgan fingerprint density at radius 3 is 2.41 bits per heavy atom. The topological polar surface area (TPSA) is 104 Å². The predicted molar refractivity (Wildman–Crippen MR) is 119 cm³/mol. The van der Waals surface area contributed by atoms with Gasteiger partial charge in [-0.15, -0.1) is 11.8 Å². The second-order valence-corrected chi connectivity index (χ2v) is 8.75. The maximum absolute atomic E-state index is 12.4. The summed E-state index contributed by atoms with van der Waals surface area (Å²) in [6, 6.07) is 8.84. The van der Waals surface area contributed by atoms with E-state index in [4.69, 9.17) is 5.26 Å². The van der Waals surface area contributed by atoms with Gasteiger partial charge in [0.1, 0.15) is 5.69 Å². The smallest absolute Gasteiger partial charge is 0.272 e. The van der Waals surface area contributed by atoms with Crippen LogP contribution in [0.2, 0.25) is 0 Å². The number of halogens is 2. The highest BCUT2D eigenvalue weighted by atomic mass is 32.2. The maximum Gasteiger partial charge on any atom is 0.272 e. The lowest BCUT2D eigenvalue weighted by atomic mass is 10.1. The minimum Gasteiger partial charge on any atom is -0.346 e. The molecule has 7 nitrogen and oxygen atoms in total. The van der Waals surface area contributed by atoms with E-state index >= 15 is 0 Å². The number of carbonyl (C=O) groups is 3. The van der Waals surface area contributed by atoms with E-state index in [1.165, 1.54) is 6.92 Å². The molecule has 2 aromatic rings. The predicted octanol–water partition coefficient (Wildman–Crippen LogP) is 3.80. The molecule has 0 radical (unpaired) electrons. The van der Waals surface area contributed by atoms with Crippen LogP contribution in [0.1, 0.15) is 51.5 Å². The standard InChI is InChI=1S/C17H17N3O2.C5H7F2NOS/c1-10-5-6-14(7-13(10)9-18)19-17(22)16-8-15(12(3)21)11(2)20(16)4;1-5(6,7)3-4(10-3)8-2-9/h5-8H,1-4H3,(H,19,22);2-4H,1H3,(H,8,9). The summed E-state index contributed by atoms with van der Waals surface area (Å²) in [7, 11) is 1.74. The van der Waals surface area contributed by atoms with Crippen LogP contribution >= 0.6 is 11.8 Å². The molecule has 1 saturated heterocycles. The largest absolute Gasteiger partial charge is 0.346 e. The average molecular weight is 463 g/mol. The molecule has 2 atom stereocenters. The third kappa shape index (κ3) is 5.95. The van der Waals surface area contributed by atoms with Crippen molar-refractivity contribution in [3.8, 4) is 6.07 Å². The van der Waals surface area contributed by atoms with Gasteiger partial charge in [-0.2, -0.15) is 5.26 Å². The number of hydrogen-bond donors (Lipinski definition) is 2. The Hall–Kier alpha value is -3.19. The van der Waals surface area contributed by atoms with Crippen LogP contribution in [-0.4, -0.2) is 39.2 Å². The van der Waals surface area contributed by atoms with Crippen LogP contribution in [0.5, 0.6) is 0 Å². The summed E-state index contributed by atoms with van der Waals surface area (Å²) >= 11 is 1.08. The van der Waals surface area contributed by atoms with Gasteiger partial charge >= 0.3 is 0 Å². The third-order valence-electron chi connectivity index (χ3n) is 4.99. The number of alkyl halides is 2. The number of thioether (sulfide) groups is 1. The normalized spacial score (nSPS) is 16.8. The van der Waals surface area contributed by atoms with Gasteiger partial charge in [-0.05, 0) is 44.5 Å². The van der Waals surface area contributed by atoms with Crippen LogP contribution in [-0.2, 0) is 11.8 Å². The van der Waals surface area contributed by atoms with Crippen LogP contribution in [0.3, 0.4) is 0 Å². The van der Waals surface area contributed by atoms with Gasteiger partial charge in [-0.1, -0.05) is 6.07 Å². The van der Waals surface area contributed by atoms with Gasteiger partial charge in [-0.3, -0.25) is 14.4 Å². The number of hydrogen-bond acceptors (Lipinski definition) is 5. The van der Waals surface area contributed by atoms with E-state index < -0.39 is 11.2 Å². The Morgan fingerprint density at radius 1 is 1.28 bits per heavy atom. The van der Waals surface area contributed by atoms with Gasteiger partial charge < -0.3 is 15.2 Å². The van der Waals surface area contributed by atoms with Gasteiger partial charge in [0.05, 0.1) is 22.3 Å². The first-order valence-electron chi connectivity index (χ1n) is 9.63. The number of carbonyl (C=O) groups excluding carboxylic acids is 3. The number of amides is 2. The molecule has 2 amide bonds. The molecule has 1 fully saturated rings. The van der Waals surface area contributed by atoms with Crippen molar-refractivity contribution < 1.29 is 23.2 Å². The third-order valence-corrected chi connectivity index (χ3v) is 6.35. The van der Waals surface area contributed by atoms with E-state index in [1.54, 1.807) is 42.8 Å². The van der Waals surface area contributed by atoms with Gasteiger partial charge in [0.15, 0.2) is 5.78 Å². The molecule has 2 unspecified atom stereocenters. The molecule has 3 rings (SSSR count). The molecule has 2 heterocycles. The first-order valence-corrected chi connectivity index (χ1v) is 10.6. The summed E-state index contributed by atoms with van der Waals surface area (Å²) in [4.78, 5) is 33.7. The monoisotopic (exact) mass is 462 g/mol. The first-order chi connectivity index (χ1) is 14.9. The van der Waals surface area contributed by atoms with Crippen molar-refractivity contribution in [1.82, 2.24) is 9.88 Å². The van der Waals surface area contributed by atoms with E-state index in [-0.39, 0.29) is 17.1 Å². The van der Waals surface area contributed by atoms with Crippen LogP contribution in [0.15, 0.2) is 24.3 Å². The number of aryl methyl sites for hydroxylation is 1. The fourth-order valence-corrected chi connectivity index (χ4v) is 3.90. The number of nitriles is 1. The molecule has 1 aliphatic heterocycles. The van der Waals surface area contributed by atoms with E-state index in [1.807, 2.05) is 6.92 Å². The van der Waals surface area contributed by atoms with Crippen molar-refractivity contribution in [1.29, 1.82) is 5.26 Å². The summed E-state index contributed by atoms with van der Waals surface area (Å²) in [5, 5.41) is 13.0. The summed E-state index contributed by atoms with van der Waals surface area (Å²) < 4.78 is 26.3. The first kappa shape index (κ1) is 25.1. The molecule has 0 saturated carbocycles. The van der Waals surface area contributed by atoms with E-state index in [0.717, 1.165) is 29.9 Å². The second kappa shape index (κ2) is 9.96. The van der Waals surface area contributed by atoms with Crippen molar-refractivity contribution in [3.63, 3.8) is 0 Å². The molecule has 32 heavy (non-hydrogen) atoms. The molecule has 1 aromatic carbocycles. The number of ketones is 1. The minimum absolute atomic E-state index is 0.0748. The lowest BCUT2D eigenvalue weighted by Crippen LogP contribution is -2.27. The van der Waals surface area contributed by atoms with Crippen molar-refractivity contribution in [2.45, 2.75) is 44.2 Å². The quantitative estimate of drug-likeness (QED) is 0.386. The molecular weight excluding hydrogens is 438 g/mol. The highest BCUT2D eigenvalue weighted by molar-refractivity contribution is 8.07. The number of Topliss-reactive ketones (excluding diaryl/α,β-unsaturated/α-hetero) is 1. The van der Waals surface area contributed by atoms with Crippen LogP contribution in [0.4, 0.5) is 14.5 Å². The number of rotatable bonds is 6. The zero-order chi connectivity index (χ0) is 24.2. The number of nitrogens with one attached hydrogen (secondary N) is 2. The number of nitrogens with zero attached hydrogens (tertiary/aromatic N) is 2. The minimum atomic E-state index is -2.68. The van der Waals surface area contributed by atoms with Gasteiger partial charge in [0.2, 0.25) is 6.41 Å². The van der Waals surface area contributed by atoms with Crippen LogP contribution in [0.25, 0.3) is 0 Å². The highest BCUT2D eigenvalue weighted by Gasteiger charge is 2.53. The maximum atomic E-state index is 12.4. The molecule has 170 valence electrons. The van der Waals surface area contributed by atoms with Crippen LogP contribution < -0.4 is 10.6 Å². The molecule has 1 aromatic heterocycles. The molecule has 2 N–H and O–H groups in total. The summed E-state index contributed by atoms with van der Waals surface area (Å²) in [6.45, 7) is 5.97. The second-order valence-electron chi connectivity index (χ2n) is 7.46. The van der Waals surface area contributed by atoms with Crippen molar-refractivity contribution >= 4 is 35.5 Å². The zero-order valence-electron chi connectivity index (χ0n) is 18.3. The fourth-order valence-electron chi connectivity index (χ4n) is 2.98. The van der Waals surface area contributed by atoms with Crippen molar-refractivity contribution in [2.75, 3.05) is 5.32 Å². The van der Waals surface area contributed by atoms with Gasteiger partial charge in [-0.25, -0.2) is 8.78 Å². The fraction of sp³-hybridized carbons (Fsp3) is 0.364. The molecule has 10 heteroatoms.